The molecule has 0 saturated carbocycles. The van der Waals surface area contributed by atoms with Crippen LogP contribution in [0.25, 0.3) is 0 Å². The first-order chi connectivity index (χ1) is 12.0. The summed E-state index contributed by atoms with van der Waals surface area (Å²) in [5.41, 5.74) is 0. The van der Waals surface area contributed by atoms with Crippen LogP contribution in [-0.4, -0.2) is 92.8 Å². The van der Waals surface area contributed by atoms with Gasteiger partial charge in [-0.2, -0.15) is 30.0 Å². The van der Waals surface area contributed by atoms with E-state index >= 15 is 0 Å². The van der Waals surface area contributed by atoms with Crippen LogP contribution in [0.2, 0.25) is 0 Å². The second-order valence-corrected chi connectivity index (χ2v) is 8.91. The summed E-state index contributed by atoms with van der Waals surface area (Å²) in [4.78, 5) is 0. The summed E-state index contributed by atoms with van der Waals surface area (Å²) in [7, 11) is -15.1. The summed E-state index contributed by atoms with van der Waals surface area (Å²) in [6.45, 7) is -0.671. The van der Waals surface area contributed by atoms with Crippen molar-refractivity contribution < 1.29 is 62.2 Å². The van der Waals surface area contributed by atoms with E-state index in [9.17, 15) is 35.5 Å². The highest BCUT2D eigenvalue weighted by Gasteiger charge is 2.49. The molecule has 6 atom stereocenters. The minimum atomic E-state index is -5.24. The van der Waals surface area contributed by atoms with Crippen molar-refractivity contribution >= 4 is 31.1 Å². The maximum atomic E-state index is 11.1. The van der Waals surface area contributed by atoms with Gasteiger partial charge in [-0.15, -0.1) is 0 Å². The van der Waals surface area contributed by atoms with Crippen LogP contribution in [0, 0.1) is 5.92 Å². The van der Waals surface area contributed by atoms with E-state index in [1.165, 1.54) is 0 Å². The van der Waals surface area contributed by atoms with E-state index in [-0.39, 0.29) is 0 Å². The smallest absolute Gasteiger partial charge is 0.391 e. The largest absolute Gasteiger partial charge is 0.397 e. The monoisotopic (exact) mass is 461 g/mol. The number of hydrogen-bond acceptors (Lipinski definition) is 11. The van der Waals surface area contributed by atoms with Crippen LogP contribution in [0.3, 0.4) is 0 Å². The standard InChI is InChI=1S/C9H19NO14S3/c1-4(11)8(12)7-6(3-23-26(16,17)18)22-2-5(10-25(13,14)15)9(7)24-27(19,20)21/h4-12H,2-3H2,1H3,(H,13,14,15)(H,16,17,18)(H,19,20,21)/t4?,5?,6?,7-,8?,9-/m0/s1. The third-order valence-corrected chi connectivity index (χ3v) is 5.00. The molecular formula is C9H19NO14S3. The third kappa shape index (κ3) is 8.58. The van der Waals surface area contributed by atoms with Crippen LogP contribution in [0.1, 0.15) is 6.92 Å². The molecule has 0 bridgehead atoms. The molecule has 6 N–H and O–H groups in total. The Morgan fingerprint density at radius 1 is 1.07 bits per heavy atom. The van der Waals surface area contributed by atoms with Crippen molar-refractivity contribution in [3.8, 4) is 0 Å². The zero-order valence-electron chi connectivity index (χ0n) is 13.5. The van der Waals surface area contributed by atoms with Crippen molar-refractivity contribution in [1.29, 1.82) is 0 Å². The first kappa shape index (κ1) is 24.5. The topological polar surface area (TPSA) is 243 Å². The number of aliphatic hydroxyl groups excluding tert-OH is 2. The molecule has 1 saturated heterocycles. The van der Waals surface area contributed by atoms with Crippen LogP contribution in [-0.2, 0) is 44.2 Å². The molecule has 27 heavy (non-hydrogen) atoms. The molecule has 1 heterocycles. The van der Waals surface area contributed by atoms with Crippen LogP contribution >= 0.6 is 0 Å². The van der Waals surface area contributed by atoms with E-state index in [0.29, 0.717) is 0 Å². The zero-order valence-corrected chi connectivity index (χ0v) is 16.0. The maximum Gasteiger partial charge on any atom is 0.397 e. The zero-order chi connectivity index (χ0) is 21.2. The lowest BCUT2D eigenvalue weighted by Gasteiger charge is -2.43. The van der Waals surface area contributed by atoms with Gasteiger partial charge in [-0.05, 0) is 6.92 Å². The van der Waals surface area contributed by atoms with Gasteiger partial charge < -0.3 is 14.9 Å². The van der Waals surface area contributed by atoms with Gasteiger partial charge in [-0.1, -0.05) is 0 Å². The maximum absolute atomic E-state index is 11.1. The van der Waals surface area contributed by atoms with Crippen LogP contribution in [0.15, 0.2) is 0 Å². The van der Waals surface area contributed by atoms with Crippen molar-refractivity contribution in [2.45, 2.75) is 37.4 Å². The quantitative estimate of drug-likeness (QED) is 0.183. The normalized spacial score (nSPS) is 30.0. The molecule has 1 aliphatic heterocycles. The van der Waals surface area contributed by atoms with Gasteiger partial charge in [-0.3, -0.25) is 13.7 Å². The Labute approximate surface area is 155 Å². The fourth-order valence-corrected chi connectivity index (χ4v) is 3.96. The lowest BCUT2D eigenvalue weighted by Crippen LogP contribution is -2.62. The molecule has 0 aromatic carbocycles. The number of ether oxygens (including phenoxy) is 1. The average Bonchev–Trinajstić information content (AvgIpc) is 2.42. The summed E-state index contributed by atoms with van der Waals surface area (Å²) in [5.74, 6) is -1.71. The van der Waals surface area contributed by atoms with Gasteiger partial charge in [0.05, 0.1) is 37.6 Å². The SMILES string of the molecule is CC(O)C(O)[C@@H]1C(COS(=O)(=O)O)OCC(NS(=O)(=O)O)[C@@H]1OS(=O)(=O)O. The fraction of sp³-hybridized carbons (Fsp3) is 1.00. The lowest BCUT2D eigenvalue weighted by atomic mass is 9.83. The minimum absolute atomic E-state index is 0.734. The molecular weight excluding hydrogens is 442 g/mol. The van der Waals surface area contributed by atoms with E-state index < -0.39 is 80.7 Å². The second-order valence-electron chi connectivity index (χ2n) is 5.58. The molecule has 18 heteroatoms. The number of hydrogen-bond donors (Lipinski definition) is 6. The van der Waals surface area contributed by atoms with Crippen molar-refractivity contribution in [1.82, 2.24) is 4.72 Å². The molecule has 0 spiro atoms. The van der Waals surface area contributed by atoms with Crippen molar-refractivity contribution in [2.75, 3.05) is 13.2 Å². The molecule has 4 unspecified atom stereocenters. The van der Waals surface area contributed by atoms with Gasteiger partial charge in [0.1, 0.15) is 6.10 Å². The third-order valence-electron chi connectivity index (χ3n) is 3.50. The summed E-state index contributed by atoms with van der Waals surface area (Å²) >= 11 is 0. The Morgan fingerprint density at radius 3 is 2.04 bits per heavy atom. The molecule has 0 aromatic rings. The predicted molar refractivity (Wildman–Crippen MR) is 83.3 cm³/mol. The summed E-state index contributed by atoms with van der Waals surface area (Å²) < 4.78 is 107. The fourth-order valence-electron chi connectivity index (χ4n) is 2.53. The number of aliphatic hydroxyl groups is 2. The average molecular weight is 461 g/mol. The highest BCUT2D eigenvalue weighted by molar-refractivity contribution is 7.83. The molecule has 0 amide bonds. The Bertz CT molecular complexity index is 805. The predicted octanol–water partition coefficient (Wildman–Crippen LogP) is -3.49. The van der Waals surface area contributed by atoms with Gasteiger partial charge >= 0.3 is 31.1 Å². The highest BCUT2D eigenvalue weighted by atomic mass is 32.3. The summed E-state index contributed by atoms with van der Waals surface area (Å²) in [6.07, 6.45) is -7.03. The van der Waals surface area contributed by atoms with Crippen molar-refractivity contribution in [3.05, 3.63) is 0 Å². The van der Waals surface area contributed by atoms with Gasteiger partial charge in [0, 0.05) is 5.92 Å². The molecule has 162 valence electrons. The molecule has 1 fully saturated rings. The lowest BCUT2D eigenvalue weighted by molar-refractivity contribution is -0.162. The van der Waals surface area contributed by atoms with Crippen molar-refractivity contribution in [3.63, 3.8) is 0 Å². The first-order valence-electron chi connectivity index (χ1n) is 7.00. The molecule has 15 nitrogen and oxygen atoms in total. The van der Waals surface area contributed by atoms with E-state index in [1.54, 1.807) is 4.72 Å². The van der Waals surface area contributed by atoms with E-state index in [2.05, 4.69) is 8.37 Å². The van der Waals surface area contributed by atoms with Gasteiger partial charge in [0.15, 0.2) is 0 Å². The van der Waals surface area contributed by atoms with Crippen molar-refractivity contribution in [2.24, 2.45) is 5.92 Å². The number of rotatable bonds is 9. The Hall–Kier alpha value is -0.510. The summed E-state index contributed by atoms with van der Waals surface area (Å²) in [6, 6.07) is -1.69. The highest BCUT2D eigenvalue weighted by Crippen LogP contribution is 2.31. The van der Waals surface area contributed by atoms with E-state index in [4.69, 9.17) is 18.4 Å². The molecule has 1 aliphatic rings. The molecule has 0 aromatic heterocycles. The Balaban J connectivity index is 3.30. The molecule has 0 radical (unpaired) electrons. The van der Waals surface area contributed by atoms with E-state index in [0.717, 1.165) is 6.92 Å². The Morgan fingerprint density at radius 2 is 1.63 bits per heavy atom. The first-order valence-corrected chi connectivity index (χ1v) is 11.2. The van der Waals surface area contributed by atoms with E-state index in [1.807, 2.05) is 0 Å². The minimum Gasteiger partial charge on any atom is -0.391 e. The number of nitrogens with one attached hydrogen (secondary N) is 1. The van der Waals surface area contributed by atoms with Crippen LogP contribution < -0.4 is 4.72 Å². The van der Waals surface area contributed by atoms with Crippen LogP contribution in [0.4, 0.5) is 0 Å². The molecule has 1 rings (SSSR count). The summed E-state index contributed by atoms with van der Waals surface area (Å²) in [5, 5.41) is 19.7. The van der Waals surface area contributed by atoms with Gasteiger partial charge in [0.25, 0.3) is 0 Å². The van der Waals surface area contributed by atoms with Gasteiger partial charge in [0.2, 0.25) is 0 Å². The molecule has 0 aliphatic carbocycles. The Kier molecular flexibility index (Phi) is 8.07. The second kappa shape index (κ2) is 8.88. The van der Waals surface area contributed by atoms with Gasteiger partial charge in [-0.25, -0.2) is 8.37 Å². The van der Waals surface area contributed by atoms with Crippen LogP contribution in [0.5, 0.6) is 0 Å².